The van der Waals surface area contributed by atoms with Crippen LogP contribution in [0.15, 0.2) is 53.0 Å². The predicted molar refractivity (Wildman–Crippen MR) is 82.1 cm³/mol. The lowest BCUT2D eigenvalue weighted by atomic mass is 10.1. The van der Waals surface area contributed by atoms with Gasteiger partial charge < -0.3 is 5.32 Å². The zero-order valence-corrected chi connectivity index (χ0v) is 12.3. The number of anilines is 1. The molecule has 0 aliphatic rings. The molecule has 0 saturated carbocycles. The lowest BCUT2D eigenvalue weighted by Crippen LogP contribution is -2.18. The second kappa shape index (κ2) is 6.40. The van der Waals surface area contributed by atoms with E-state index >= 15 is 0 Å². The molecule has 2 rings (SSSR count). The molecule has 0 aliphatic heterocycles. The molecule has 19 heavy (non-hydrogen) atoms. The van der Waals surface area contributed by atoms with Crippen LogP contribution in [0.5, 0.6) is 0 Å². The highest BCUT2D eigenvalue weighted by atomic mass is 79.9. The number of nitrogens with one attached hydrogen (secondary N) is 1. The van der Waals surface area contributed by atoms with Gasteiger partial charge in [0.05, 0.1) is 11.3 Å². The van der Waals surface area contributed by atoms with E-state index in [1.165, 1.54) is 5.56 Å². The summed E-state index contributed by atoms with van der Waals surface area (Å²) >= 11 is 3.43. The van der Waals surface area contributed by atoms with E-state index < -0.39 is 0 Å². The molecular weight excluding hydrogens is 300 g/mol. The number of nitriles is 1. The number of rotatable bonds is 4. The molecule has 1 atom stereocenters. The van der Waals surface area contributed by atoms with Gasteiger partial charge in [-0.25, -0.2) is 0 Å². The normalized spacial score (nSPS) is 11.6. The maximum absolute atomic E-state index is 9.06. The zero-order chi connectivity index (χ0) is 13.7. The van der Waals surface area contributed by atoms with Gasteiger partial charge in [0.25, 0.3) is 0 Å². The third kappa shape index (κ3) is 3.84. The summed E-state index contributed by atoms with van der Waals surface area (Å²) in [6.07, 6.45) is 0.924. The van der Waals surface area contributed by atoms with Gasteiger partial charge in [0.1, 0.15) is 6.07 Å². The molecule has 1 unspecified atom stereocenters. The highest BCUT2D eigenvalue weighted by Crippen LogP contribution is 2.17. The van der Waals surface area contributed by atoms with Crippen molar-refractivity contribution >= 4 is 21.6 Å². The Morgan fingerprint density at radius 3 is 2.53 bits per heavy atom. The molecule has 0 saturated heterocycles. The molecular formula is C16H15BrN2. The van der Waals surface area contributed by atoms with Crippen molar-refractivity contribution < 1.29 is 0 Å². The van der Waals surface area contributed by atoms with E-state index in [0.29, 0.717) is 5.56 Å². The number of para-hydroxylation sites is 1. The van der Waals surface area contributed by atoms with Gasteiger partial charge in [0.15, 0.2) is 0 Å². The fourth-order valence-corrected chi connectivity index (χ4v) is 2.26. The van der Waals surface area contributed by atoms with Gasteiger partial charge in [-0.3, -0.25) is 0 Å². The van der Waals surface area contributed by atoms with Gasteiger partial charge in [0.2, 0.25) is 0 Å². The van der Waals surface area contributed by atoms with E-state index in [0.717, 1.165) is 16.6 Å². The Kier molecular flexibility index (Phi) is 4.59. The predicted octanol–water partition coefficient (Wildman–Crippen LogP) is 4.36. The van der Waals surface area contributed by atoms with Crippen molar-refractivity contribution in [2.45, 2.75) is 19.4 Å². The Balaban J connectivity index is 2.03. The summed E-state index contributed by atoms with van der Waals surface area (Å²) in [4.78, 5) is 0. The summed E-state index contributed by atoms with van der Waals surface area (Å²) in [6, 6.07) is 18.4. The highest BCUT2D eigenvalue weighted by molar-refractivity contribution is 9.10. The third-order valence-electron chi connectivity index (χ3n) is 2.90. The monoisotopic (exact) mass is 314 g/mol. The van der Waals surface area contributed by atoms with E-state index in [4.69, 9.17) is 5.26 Å². The van der Waals surface area contributed by atoms with Crippen LogP contribution in [0, 0.1) is 11.3 Å². The molecule has 2 aromatic carbocycles. The fraction of sp³-hybridized carbons (Fsp3) is 0.188. The van der Waals surface area contributed by atoms with Crippen molar-refractivity contribution in [3.05, 3.63) is 64.1 Å². The average Bonchev–Trinajstić information content (AvgIpc) is 2.42. The van der Waals surface area contributed by atoms with Gasteiger partial charge in [-0.05, 0) is 43.2 Å². The topological polar surface area (TPSA) is 35.8 Å². The molecule has 0 heterocycles. The molecule has 0 aromatic heterocycles. The smallest absolute Gasteiger partial charge is 0.101 e. The summed E-state index contributed by atoms with van der Waals surface area (Å²) < 4.78 is 1.09. The Bertz CT molecular complexity index is 584. The maximum atomic E-state index is 9.06. The van der Waals surface area contributed by atoms with Crippen LogP contribution in [0.2, 0.25) is 0 Å². The van der Waals surface area contributed by atoms with Crippen LogP contribution in [0.4, 0.5) is 5.69 Å². The summed E-state index contributed by atoms with van der Waals surface area (Å²) in [7, 11) is 0. The first kappa shape index (κ1) is 13.6. The summed E-state index contributed by atoms with van der Waals surface area (Å²) in [5.74, 6) is 0. The molecule has 3 heteroatoms. The van der Waals surface area contributed by atoms with E-state index in [2.05, 4.69) is 46.4 Å². The van der Waals surface area contributed by atoms with Gasteiger partial charge >= 0.3 is 0 Å². The molecule has 2 nitrogen and oxygen atoms in total. The van der Waals surface area contributed by atoms with Crippen LogP contribution in [-0.4, -0.2) is 6.04 Å². The lowest BCUT2D eigenvalue weighted by molar-refractivity contribution is 0.790. The minimum absolute atomic E-state index is 0.274. The molecule has 0 aliphatic carbocycles. The van der Waals surface area contributed by atoms with E-state index in [-0.39, 0.29) is 6.04 Å². The Labute approximate surface area is 122 Å². The standard InChI is InChI=1S/C16H15BrN2/c1-12(10-13-6-8-15(17)9-7-13)19-16-5-3-2-4-14(16)11-18/h2-9,12,19H,10H2,1H3. The Morgan fingerprint density at radius 1 is 1.16 bits per heavy atom. The quantitative estimate of drug-likeness (QED) is 0.910. The van der Waals surface area contributed by atoms with E-state index in [1.807, 2.05) is 36.4 Å². The van der Waals surface area contributed by atoms with Crippen LogP contribution < -0.4 is 5.32 Å². The Morgan fingerprint density at radius 2 is 1.84 bits per heavy atom. The number of hydrogen-bond acceptors (Lipinski definition) is 2. The van der Waals surface area contributed by atoms with Gasteiger partial charge in [-0.15, -0.1) is 0 Å². The SMILES string of the molecule is CC(Cc1ccc(Br)cc1)Nc1ccccc1C#N. The molecule has 0 bridgehead atoms. The molecule has 1 N–H and O–H groups in total. The molecule has 2 aromatic rings. The van der Waals surface area contributed by atoms with Crippen molar-refractivity contribution in [3.63, 3.8) is 0 Å². The van der Waals surface area contributed by atoms with Gasteiger partial charge in [-0.2, -0.15) is 5.26 Å². The molecule has 0 radical (unpaired) electrons. The molecule has 0 fully saturated rings. The summed E-state index contributed by atoms with van der Waals surface area (Å²) in [6.45, 7) is 2.12. The van der Waals surface area contributed by atoms with Crippen molar-refractivity contribution in [3.8, 4) is 6.07 Å². The van der Waals surface area contributed by atoms with E-state index in [1.54, 1.807) is 0 Å². The third-order valence-corrected chi connectivity index (χ3v) is 3.43. The van der Waals surface area contributed by atoms with E-state index in [9.17, 15) is 0 Å². The second-order valence-electron chi connectivity index (χ2n) is 4.53. The molecule has 0 spiro atoms. The molecule has 96 valence electrons. The largest absolute Gasteiger partial charge is 0.381 e. The fourth-order valence-electron chi connectivity index (χ4n) is 2.00. The highest BCUT2D eigenvalue weighted by Gasteiger charge is 2.06. The average molecular weight is 315 g/mol. The maximum Gasteiger partial charge on any atom is 0.101 e. The van der Waals surface area contributed by atoms with Crippen molar-refractivity contribution in [2.24, 2.45) is 0 Å². The first-order valence-electron chi connectivity index (χ1n) is 6.19. The summed E-state index contributed by atoms with van der Waals surface area (Å²) in [5, 5.41) is 12.4. The number of hydrogen-bond donors (Lipinski definition) is 1. The van der Waals surface area contributed by atoms with Crippen LogP contribution in [0.25, 0.3) is 0 Å². The van der Waals surface area contributed by atoms with Crippen LogP contribution in [0.3, 0.4) is 0 Å². The molecule has 0 amide bonds. The van der Waals surface area contributed by atoms with Gasteiger partial charge in [-0.1, -0.05) is 40.2 Å². The Hall–Kier alpha value is -1.79. The van der Waals surface area contributed by atoms with Crippen LogP contribution >= 0.6 is 15.9 Å². The first-order chi connectivity index (χ1) is 9.19. The minimum Gasteiger partial charge on any atom is -0.381 e. The van der Waals surface area contributed by atoms with Crippen molar-refractivity contribution in [1.82, 2.24) is 0 Å². The van der Waals surface area contributed by atoms with Crippen LogP contribution in [0.1, 0.15) is 18.1 Å². The number of halogens is 1. The van der Waals surface area contributed by atoms with Gasteiger partial charge in [0, 0.05) is 10.5 Å². The van der Waals surface area contributed by atoms with Crippen molar-refractivity contribution in [1.29, 1.82) is 5.26 Å². The minimum atomic E-state index is 0.274. The number of nitrogens with zero attached hydrogens (tertiary/aromatic N) is 1. The second-order valence-corrected chi connectivity index (χ2v) is 5.45. The summed E-state index contributed by atoms with van der Waals surface area (Å²) in [5.41, 5.74) is 2.86. The lowest BCUT2D eigenvalue weighted by Gasteiger charge is -2.16. The van der Waals surface area contributed by atoms with Crippen molar-refractivity contribution in [2.75, 3.05) is 5.32 Å². The van der Waals surface area contributed by atoms with Crippen LogP contribution in [-0.2, 0) is 6.42 Å². The number of benzene rings is 2. The zero-order valence-electron chi connectivity index (χ0n) is 10.7. The first-order valence-corrected chi connectivity index (χ1v) is 6.98.